The van der Waals surface area contributed by atoms with E-state index in [0.29, 0.717) is 16.4 Å². The summed E-state index contributed by atoms with van der Waals surface area (Å²) in [4.78, 5) is 22.0. The monoisotopic (exact) mass is 308 g/mol. The lowest BCUT2D eigenvalue weighted by molar-refractivity contribution is -0.384. The highest BCUT2D eigenvalue weighted by atomic mass is 32.2. The molecule has 0 radical (unpaired) electrons. The second-order valence-corrected chi connectivity index (χ2v) is 5.12. The van der Waals surface area contributed by atoms with Crippen molar-refractivity contribution in [1.82, 2.24) is 20.2 Å². The van der Waals surface area contributed by atoms with E-state index >= 15 is 0 Å². The summed E-state index contributed by atoms with van der Waals surface area (Å²) >= 11 is 1.20. The van der Waals surface area contributed by atoms with Crippen molar-refractivity contribution in [3.8, 4) is 0 Å². The number of nitro benzene ring substituents is 1. The molecule has 1 aromatic carbocycles. The van der Waals surface area contributed by atoms with E-state index in [9.17, 15) is 14.9 Å². The van der Waals surface area contributed by atoms with Crippen LogP contribution in [0.4, 0.5) is 11.4 Å². The molecule has 0 aliphatic carbocycles. The molecule has 110 valence electrons. The molecule has 0 unspecified atom stereocenters. The number of rotatable bonds is 5. The number of nitrogens with zero attached hydrogens (tertiary/aromatic N) is 5. The van der Waals surface area contributed by atoms with Crippen molar-refractivity contribution in [1.29, 1.82) is 0 Å². The first-order chi connectivity index (χ1) is 9.97. The predicted octanol–water partition coefficient (Wildman–Crippen LogP) is 1.16. The highest BCUT2D eigenvalue weighted by Gasteiger charge is 2.11. The lowest BCUT2D eigenvalue weighted by Crippen LogP contribution is -2.15. The number of aryl methyl sites for hydroxylation is 2. The fourth-order valence-electron chi connectivity index (χ4n) is 1.56. The van der Waals surface area contributed by atoms with E-state index < -0.39 is 4.92 Å². The predicted molar refractivity (Wildman–Crippen MR) is 76.0 cm³/mol. The number of tetrazole rings is 1. The summed E-state index contributed by atoms with van der Waals surface area (Å²) in [5.74, 6) is -0.0927. The van der Waals surface area contributed by atoms with E-state index in [1.165, 1.54) is 34.6 Å². The molecule has 0 fully saturated rings. The SMILES string of the molecule is Cc1cc([N+](=O)[O-])ccc1NC(=O)CSc1nnnn1C. The Morgan fingerprint density at radius 2 is 2.29 bits per heavy atom. The lowest BCUT2D eigenvalue weighted by Gasteiger charge is -2.07. The second-order valence-electron chi connectivity index (χ2n) is 4.18. The Bertz CT molecular complexity index is 686. The number of carbonyl (C=O) groups excluding carboxylic acids is 1. The van der Waals surface area contributed by atoms with Gasteiger partial charge in [0.15, 0.2) is 0 Å². The summed E-state index contributed by atoms with van der Waals surface area (Å²) in [6.07, 6.45) is 0. The molecule has 2 aromatic rings. The van der Waals surface area contributed by atoms with Gasteiger partial charge in [0.2, 0.25) is 11.1 Å². The van der Waals surface area contributed by atoms with E-state index in [4.69, 9.17) is 0 Å². The van der Waals surface area contributed by atoms with E-state index in [-0.39, 0.29) is 17.3 Å². The summed E-state index contributed by atoms with van der Waals surface area (Å²) in [5.41, 5.74) is 1.16. The Balaban J connectivity index is 1.96. The first-order valence-corrected chi connectivity index (χ1v) is 6.86. The fraction of sp³-hybridized carbons (Fsp3) is 0.273. The number of aromatic nitrogens is 4. The van der Waals surface area contributed by atoms with Crippen molar-refractivity contribution in [2.75, 3.05) is 11.1 Å². The van der Waals surface area contributed by atoms with Crippen LogP contribution in [-0.4, -0.2) is 36.8 Å². The van der Waals surface area contributed by atoms with Crippen LogP contribution in [0.1, 0.15) is 5.56 Å². The van der Waals surface area contributed by atoms with Gasteiger partial charge in [-0.2, -0.15) is 0 Å². The number of nitro groups is 1. The van der Waals surface area contributed by atoms with Crippen molar-refractivity contribution >= 4 is 29.0 Å². The summed E-state index contributed by atoms with van der Waals surface area (Å²) in [5, 5.41) is 24.8. The van der Waals surface area contributed by atoms with Crippen LogP contribution in [0.5, 0.6) is 0 Å². The molecule has 10 heteroatoms. The Kier molecular flexibility index (Phi) is 4.48. The van der Waals surface area contributed by atoms with Crippen LogP contribution in [0.3, 0.4) is 0 Å². The van der Waals surface area contributed by atoms with Crippen molar-refractivity contribution in [3.63, 3.8) is 0 Å². The van der Waals surface area contributed by atoms with E-state index in [2.05, 4.69) is 20.8 Å². The number of thioether (sulfide) groups is 1. The van der Waals surface area contributed by atoms with Gasteiger partial charge in [0, 0.05) is 24.9 Å². The van der Waals surface area contributed by atoms with Crippen LogP contribution >= 0.6 is 11.8 Å². The summed E-state index contributed by atoms with van der Waals surface area (Å²) in [7, 11) is 1.68. The Morgan fingerprint density at radius 1 is 1.52 bits per heavy atom. The molecular weight excluding hydrogens is 296 g/mol. The van der Waals surface area contributed by atoms with Crippen molar-refractivity contribution in [2.45, 2.75) is 12.1 Å². The van der Waals surface area contributed by atoms with Crippen LogP contribution < -0.4 is 5.32 Å². The van der Waals surface area contributed by atoms with Gasteiger partial charge in [-0.25, -0.2) is 4.68 Å². The third kappa shape index (κ3) is 3.75. The topological polar surface area (TPSA) is 116 Å². The minimum absolute atomic E-state index is 0.00923. The summed E-state index contributed by atoms with van der Waals surface area (Å²) in [6.45, 7) is 1.70. The quantitative estimate of drug-likeness (QED) is 0.500. The van der Waals surface area contributed by atoms with Gasteiger partial charge in [0.05, 0.1) is 10.7 Å². The van der Waals surface area contributed by atoms with Gasteiger partial charge >= 0.3 is 0 Å². The number of benzene rings is 1. The van der Waals surface area contributed by atoms with Gasteiger partial charge in [0.25, 0.3) is 5.69 Å². The number of amides is 1. The third-order valence-corrected chi connectivity index (χ3v) is 3.62. The maximum absolute atomic E-state index is 11.8. The fourth-order valence-corrected chi connectivity index (χ4v) is 2.21. The first-order valence-electron chi connectivity index (χ1n) is 5.87. The molecule has 0 saturated carbocycles. The standard InChI is InChI=1S/C11H12N6O3S/c1-7-5-8(17(19)20)3-4-9(7)12-10(18)6-21-11-13-14-15-16(11)2/h3-5H,6H2,1-2H3,(H,12,18). The number of anilines is 1. The average Bonchev–Trinajstić information content (AvgIpc) is 2.84. The molecule has 1 aromatic heterocycles. The molecule has 9 nitrogen and oxygen atoms in total. The van der Waals surface area contributed by atoms with Crippen molar-refractivity contribution in [2.24, 2.45) is 7.05 Å². The maximum Gasteiger partial charge on any atom is 0.269 e. The van der Waals surface area contributed by atoms with Crippen molar-refractivity contribution in [3.05, 3.63) is 33.9 Å². The molecule has 0 spiro atoms. The molecule has 0 aliphatic rings. The Hall–Kier alpha value is -2.49. The zero-order chi connectivity index (χ0) is 15.4. The lowest BCUT2D eigenvalue weighted by atomic mass is 10.2. The Labute approximate surface area is 123 Å². The summed E-state index contributed by atoms with van der Waals surface area (Å²) < 4.78 is 1.47. The summed E-state index contributed by atoms with van der Waals surface area (Å²) in [6, 6.07) is 4.28. The molecule has 1 N–H and O–H groups in total. The molecule has 1 heterocycles. The molecule has 0 atom stereocenters. The van der Waals surface area contributed by atoms with Gasteiger partial charge in [-0.1, -0.05) is 11.8 Å². The normalized spacial score (nSPS) is 10.4. The maximum atomic E-state index is 11.8. The van der Waals surface area contributed by atoms with E-state index in [1.807, 2.05) is 0 Å². The molecule has 2 rings (SSSR count). The van der Waals surface area contributed by atoms with E-state index in [0.717, 1.165) is 0 Å². The number of hydrogen-bond donors (Lipinski definition) is 1. The third-order valence-electron chi connectivity index (χ3n) is 2.61. The molecule has 0 saturated heterocycles. The van der Waals surface area contributed by atoms with Crippen LogP contribution in [0, 0.1) is 17.0 Å². The van der Waals surface area contributed by atoms with Crippen LogP contribution in [0.25, 0.3) is 0 Å². The molecule has 0 bridgehead atoms. The molecule has 21 heavy (non-hydrogen) atoms. The number of non-ortho nitro benzene ring substituents is 1. The van der Waals surface area contributed by atoms with E-state index in [1.54, 1.807) is 14.0 Å². The number of hydrogen-bond acceptors (Lipinski definition) is 7. The van der Waals surface area contributed by atoms with Crippen LogP contribution in [0.15, 0.2) is 23.4 Å². The first kappa shape index (κ1) is 14.9. The van der Waals surface area contributed by atoms with Crippen LogP contribution in [0.2, 0.25) is 0 Å². The molecule has 0 aliphatic heterocycles. The highest BCUT2D eigenvalue weighted by Crippen LogP contribution is 2.21. The number of carbonyl (C=O) groups is 1. The average molecular weight is 308 g/mol. The minimum Gasteiger partial charge on any atom is -0.325 e. The second kappa shape index (κ2) is 6.31. The minimum atomic E-state index is -0.477. The van der Waals surface area contributed by atoms with Gasteiger partial charge in [-0.05, 0) is 29.0 Å². The van der Waals surface area contributed by atoms with Gasteiger partial charge in [-0.15, -0.1) is 5.10 Å². The zero-order valence-corrected chi connectivity index (χ0v) is 12.1. The Morgan fingerprint density at radius 3 is 2.86 bits per heavy atom. The van der Waals surface area contributed by atoms with Crippen LogP contribution in [-0.2, 0) is 11.8 Å². The smallest absolute Gasteiger partial charge is 0.269 e. The number of nitrogens with one attached hydrogen (secondary N) is 1. The van der Waals surface area contributed by atoms with Gasteiger partial charge in [0.1, 0.15) is 0 Å². The van der Waals surface area contributed by atoms with Gasteiger partial charge < -0.3 is 5.32 Å². The zero-order valence-electron chi connectivity index (χ0n) is 11.3. The van der Waals surface area contributed by atoms with Gasteiger partial charge in [-0.3, -0.25) is 14.9 Å². The molecular formula is C11H12N6O3S. The highest BCUT2D eigenvalue weighted by molar-refractivity contribution is 7.99. The largest absolute Gasteiger partial charge is 0.325 e. The molecule has 1 amide bonds. The van der Waals surface area contributed by atoms with Crippen molar-refractivity contribution < 1.29 is 9.72 Å².